The van der Waals surface area contributed by atoms with E-state index in [0.717, 1.165) is 18.5 Å². The summed E-state index contributed by atoms with van der Waals surface area (Å²) >= 11 is 0. The smallest absolute Gasteiger partial charge is 0.307 e. The summed E-state index contributed by atoms with van der Waals surface area (Å²) in [4.78, 5) is 14.3. The molecular formula is C20H25N3O2. The van der Waals surface area contributed by atoms with Crippen LogP contribution in [0.25, 0.3) is 0 Å². The summed E-state index contributed by atoms with van der Waals surface area (Å²) in [5.41, 5.74) is 6.25. The van der Waals surface area contributed by atoms with Crippen LogP contribution in [0.5, 0.6) is 0 Å². The van der Waals surface area contributed by atoms with Crippen LogP contribution in [0.1, 0.15) is 61.7 Å². The monoisotopic (exact) mass is 339 g/mol. The molecule has 132 valence electrons. The predicted molar refractivity (Wildman–Crippen MR) is 100 cm³/mol. The summed E-state index contributed by atoms with van der Waals surface area (Å²) in [6.07, 6.45) is 4.25. The van der Waals surface area contributed by atoms with E-state index in [-0.39, 0.29) is 17.2 Å². The average molecular weight is 339 g/mol. The Morgan fingerprint density at radius 2 is 2.24 bits per heavy atom. The average Bonchev–Trinajstić information content (AvgIpc) is 3.09. The van der Waals surface area contributed by atoms with Crippen molar-refractivity contribution in [1.29, 1.82) is 0 Å². The van der Waals surface area contributed by atoms with Crippen molar-refractivity contribution in [2.45, 2.75) is 45.6 Å². The van der Waals surface area contributed by atoms with Crippen molar-refractivity contribution < 1.29 is 9.21 Å². The maximum Gasteiger partial charge on any atom is 0.307 e. The van der Waals surface area contributed by atoms with Gasteiger partial charge in [0, 0.05) is 17.8 Å². The van der Waals surface area contributed by atoms with Gasteiger partial charge in [0.1, 0.15) is 0 Å². The Balaban J connectivity index is 1.78. The molecule has 2 heterocycles. The number of carbonyl (C=O) groups is 1. The second-order valence-electron chi connectivity index (χ2n) is 7.16. The van der Waals surface area contributed by atoms with Crippen molar-refractivity contribution in [3.05, 3.63) is 53.5 Å². The molecule has 3 rings (SSSR count). The molecule has 1 aliphatic rings. The van der Waals surface area contributed by atoms with Crippen LogP contribution in [0.2, 0.25) is 0 Å². The Bertz CT molecular complexity index is 778. The highest BCUT2D eigenvalue weighted by atomic mass is 16.3. The van der Waals surface area contributed by atoms with Crippen molar-refractivity contribution in [3.63, 3.8) is 0 Å². The maximum atomic E-state index is 11.8. The minimum absolute atomic E-state index is 0.161. The molecule has 5 heteroatoms. The fraction of sp³-hybridized carbons (Fsp3) is 0.400. The van der Waals surface area contributed by atoms with Gasteiger partial charge in [-0.05, 0) is 68.5 Å². The Morgan fingerprint density at radius 3 is 2.92 bits per heavy atom. The Morgan fingerprint density at radius 1 is 1.44 bits per heavy atom. The van der Waals surface area contributed by atoms with Crippen LogP contribution in [0.4, 0.5) is 5.69 Å². The number of nitrogens with zero attached hydrogens (tertiary/aromatic N) is 2. The highest BCUT2D eigenvalue weighted by molar-refractivity contribution is 5.92. The number of hydrogen-bond acceptors (Lipinski definition) is 4. The first-order valence-corrected chi connectivity index (χ1v) is 8.71. The zero-order valence-corrected chi connectivity index (χ0v) is 15.2. The molecule has 1 amide bonds. The number of rotatable bonds is 4. The molecule has 0 fully saturated rings. The summed E-state index contributed by atoms with van der Waals surface area (Å²) in [5.74, 6) is 0.377. The number of amides is 1. The first kappa shape index (κ1) is 17.3. The fourth-order valence-corrected chi connectivity index (χ4v) is 3.82. The Labute approximate surface area is 148 Å². The zero-order valence-electron chi connectivity index (χ0n) is 15.2. The summed E-state index contributed by atoms with van der Waals surface area (Å²) in [5, 5.41) is 4.04. The third-order valence-electron chi connectivity index (χ3n) is 4.85. The SMILES string of the molecule is CCN1c2ccc(/C=N\NC(=O)c3ccco3)cc2C(C)CC1(C)C. The minimum atomic E-state index is -0.355. The second-order valence-corrected chi connectivity index (χ2v) is 7.16. The first-order chi connectivity index (χ1) is 11.9. The highest BCUT2D eigenvalue weighted by Crippen LogP contribution is 2.43. The molecule has 0 saturated carbocycles. The number of hydrogen-bond donors (Lipinski definition) is 1. The molecule has 1 N–H and O–H groups in total. The molecule has 25 heavy (non-hydrogen) atoms. The lowest BCUT2D eigenvalue weighted by atomic mass is 9.79. The van der Waals surface area contributed by atoms with Crippen LogP contribution >= 0.6 is 0 Å². The third-order valence-corrected chi connectivity index (χ3v) is 4.85. The van der Waals surface area contributed by atoms with E-state index < -0.39 is 0 Å². The van der Waals surface area contributed by atoms with Crippen LogP contribution in [-0.2, 0) is 0 Å². The number of hydrazone groups is 1. The van der Waals surface area contributed by atoms with Crippen molar-refractivity contribution >= 4 is 17.8 Å². The summed E-state index contributed by atoms with van der Waals surface area (Å²) in [6, 6.07) is 9.64. The molecule has 0 radical (unpaired) electrons. The molecule has 1 aromatic carbocycles. The van der Waals surface area contributed by atoms with E-state index in [1.54, 1.807) is 18.3 Å². The van der Waals surface area contributed by atoms with Gasteiger partial charge in [0.25, 0.3) is 0 Å². The lowest BCUT2D eigenvalue weighted by Gasteiger charge is -2.47. The molecular weight excluding hydrogens is 314 g/mol. The van der Waals surface area contributed by atoms with Crippen LogP contribution in [-0.4, -0.2) is 24.2 Å². The summed E-state index contributed by atoms with van der Waals surface area (Å²) < 4.78 is 5.04. The normalized spacial score (nSPS) is 19.0. The van der Waals surface area contributed by atoms with Crippen molar-refractivity contribution in [1.82, 2.24) is 5.43 Å². The predicted octanol–water partition coefficient (Wildman–Crippen LogP) is 4.16. The van der Waals surface area contributed by atoms with E-state index in [1.165, 1.54) is 17.5 Å². The van der Waals surface area contributed by atoms with E-state index in [4.69, 9.17) is 4.42 Å². The number of furan rings is 1. The topological polar surface area (TPSA) is 57.8 Å². The third kappa shape index (κ3) is 3.45. The Hall–Kier alpha value is -2.56. The lowest BCUT2D eigenvalue weighted by molar-refractivity contribution is 0.0927. The molecule has 5 nitrogen and oxygen atoms in total. The first-order valence-electron chi connectivity index (χ1n) is 8.71. The molecule has 1 aliphatic heterocycles. The van der Waals surface area contributed by atoms with Crippen molar-refractivity contribution in [2.24, 2.45) is 5.10 Å². The van der Waals surface area contributed by atoms with Gasteiger partial charge in [-0.15, -0.1) is 0 Å². The number of nitrogens with one attached hydrogen (secondary N) is 1. The largest absolute Gasteiger partial charge is 0.459 e. The van der Waals surface area contributed by atoms with E-state index in [2.05, 4.69) is 55.3 Å². The molecule has 1 aromatic heterocycles. The molecule has 0 saturated heterocycles. The lowest BCUT2D eigenvalue weighted by Crippen LogP contribution is -2.48. The van der Waals surface area contributed by atoms with Gasteiger partial charge in [-0.1, -0.05) is 13.0 Å². The highest BCUT2D eigenvalue weighted by Gasteiger charge is 2.35. The number of benzene rings is 1. The van der Waals surface area contributed by atoms with Gasteiger partial charge in [0.05, 0.1) is 12.5 Å². The zero-order chi connectivity index (χ0) is 18.0. The van der Waals surface area contributed by atoms with Crippen LogP contribution in [0.3, 0.4) is 0 Å². The van der Waals surface area contributed by atoms with E-state index in [9.17, 15) is 4.79 Å². The summed E-state index contributed by atoms with van der Waals surface area (Å²) in [6.45, 7) is 10.1. The second kappa shape index (κ2) is 6.75. The van der Waals surface area contributed by atoms with E-state index in [0.29, 0.717) is 5.92 Å². The quantitative estimate of drug-likeness (QED) is 0.672. The van der Waals surface area contributed by atoms with Crippen LogP contribution in [0, 0.1) is 0 Å². The van der Waals surface area contributed by atoms with Crippen LogP contribution < -0.4 is 10.3 Å². The van der Waals surface area contributed by atoms with Gasteiger partial charge in [-0.3, -0.25) is 4.79 Å². The number of fused-ring (bicyclic) bond motifs is 1. The van der Waals surface area contributed by atoms with Gasteiger partial charge in [0.15, 0.2) is 5.76 Å². The molecule has 1 atom stereocenters. The summed E-state index contributed by atoms with van der Waals surface area (Å²) in [7, 11) is 0. The minimum Gasteiger partial charge on any atom is -0.459 e. The molecule has 0 bridgehead atoms. The number of anilines is 1. The van der Waals surface area contributed by atoms with Crippen molar-refractivity contribution in [2.75, 3.05) is 11.4 Å². The molecule has 2 aromatic rings. The van der Waals surface area contributed by atoms with Crippen LogP contribution in [0.15, 0.2) is 46.1 Å². The van der Waals surface area contributed by atoms with Gasteiger partial charge >= 0.3 is 5.91 Å². The van der Waals surface area contributed by atoms with Gasteiger partial charge < -0.3 is 9.32 Å². The van der Waals surface area contributed by atoms with E-state index >= 15 is 0 Å². The molecule has 0 spiro atoms. The van der Waals surface area contributed by atoms with Gasteiger partial charge in [-0.2, -0.15) is 5.10 Å². The molecule has 0 aliphatic carbocycles. The molecule has 1 unspecified atom stereocenters. The van der Waals surface area contributed by atoms with E-state index in [1.807, 2.05) is 6.07 Å². The number of carbonyl (C=O) groups excluding carboxylic acids is 1. The standard InChI is InChI=1S/C20H25N3O2/c1-5-23-17-9-8-15(11-16(17)14(2)12-20(23,3)4)13-21-22-19(24)18-7-6-10-25-18/h6-11,13-14H,5,12H2,1-4H3,(H,22,24)/b21-13-. The van der Waals surface area contributed by atoms with Crippen molar-refractivity contribution in [3.8, 4) is 0 Å². The van der Waals surface area contributed by atoms with Gasteiger partial charge in [0.2, 0.25) is 0 Å². The Kier molecular flexibility index (Phi) is 4.66. The van der Waals surface area contributed by atoms with Gasteiger partial charge in [-0.25, -0.2) is 5.43 Å². The fourth-order valence-electron chi connectivity index (χ4n) is 3.82. The maximum absolute atomic E-state index is 11.8.